The molecular formula is C16H17ClN4. The Bertz CT molecular complexity index is 865. The summed E-state index contributed by atoms with van der Waals surface area (Å²) in [5.74, 6) is 1.17. The van der Waals surface area contributed by atoms with E-state index in [1.807, 2.05) is 39.8 Å². The SMILES string of the molecule is Cc1ccc(Cl)c(-n2c(C)c(C)c3c(N)nc(C)nc32)c1. The molecule has 0 bridgehead atoms. The quantitative estimate of drug-likeness (QED) is 0.742. The summed E-state index contributed by atoms with van der Waals surface area (Å²) in [5, 5.41) is 1.59. The van der Waals surface area contributed by atoms with Gasteiger partial charge in [0.2, 0.25) is 0 Å². The Labute approximate surface area is 128 Å². The van der Waals surface area contributed by atoms with Crippen LogP contribution >= 0.6 is 11.6 Å². The summed E-state index contributed by atoms with van der Waals surface area (Å²) in [6, 6.07) is 5.96. The fourth-order valence-electron chi connectivity index (χ4n) is 2.70. The summed E-state index contributed by atoms with van der Waals surface area (Å²) in [6.07, 6.45) is 0. The second kappa shape index (κ2) is 4.74. The van der Waals surface area contributed by atoms with Gasteiger partial charge in [0.15, 0.2) is 5.65 Å². The molecule has 3 aromatic rings. The molecular weight excluding hydrogens is 284 g/mol. The third-order valence-corrected chi connectivity index (χ3v) is 4.16. The first kappa shape index (κ1) is 13.9. The first-order chi connectivity index (χ1) is 9.90. The maximum absolute atomic E-state index is 6.40. The van der Waals surface area contributed by atoms with Crippen LogP contribution < -0.4 is 5.73 Å². The number of hydrogen-bond donors (Lipinski definition) is 1. The average molecular weight is 301 g/mol. The van der Waals surface area contributed by atoms with Gasteiger partial charge in [0.1, 0.15) is 11.6 Å². The molecule has 0 spiro atoms. The van der Waals surface area contributed by atoms with E-state index >= 15 is 0 Å². The smallest absolute Gasteiger partial charge is 0.150 e. The molecule has 0 aliphatic carbocycles. The molecule has 2 N–H and O–H groups in total. The van der Waals surface area contributed by atoms with Crippen LogP contribution in [0.2, 0.25) is 5.02 Å². The summed E-state index contributed by atoms with van der Waals surface area (Å²) < 4.78 is 2.06. The van der Waals surface area contributed by atoms with Crippen molar-refractivity contribution in [1.29, 1.82) is 0 Å². The molecule has 0 atom stereocenters. The van der Waals surface area contributed by atoms with Crippen LogP contribution in [-0.2, 0) is 0 Å². The highest BCUT2D eigenvalue weighted by molar-refractivity contribution is 6.32. The van der Waals surface area contributed by atoms with Gasteiger partial charge >= 0.3 is 0 Å². The predicted molar refractivity (Wildman–Crippen MR) is 87.2 cm³/mol. The van der Waals surface area contributed by atoms with Gasteiger partial charge in [-0.3, -0.25) is 4.57 Å². The summed E-state index contributed by atoms with van der Waals surface area (Å²) in [7, 11) is 0. The molecule has 0 aliphatic heterocycles. The van der Waals surface area contributed by atoms with Crippen LogP contribution in [-0.4, -0.2) is 14.5 Å². The Kier molecular flexibility index (Phi) is 3.14. The Morgan fingerprint density at radius 2 is 1.81 bits per heavy atom. The van der Waals surface area contributed by atoms with Crippen LogP contribution in [0.25, 0.3) is 16.7 Å². The van der Waals surface area contributed by atoms with E-state index in [2.05, 4.69) is 20.6 Å². The van der Waals surface area contributed by atoms with Crippen molar-refractivity contribution in [2.24, 2.45) is 0 Å². The van der Waals surface area contributed by atoms with Crippen molar-refractivity contribution in [3.8, 4) is 5.69 Å². The number of benzene rings is 1. The molecule has 2 heterocycles. The van der Waals surface area contributed by atoms with Crippen molar-refractivity contribution in [3.05, 3.63) is 45.9 Å². The lowest BCUT2D eigenvalue weighted by Crippen LogP contribution is -2.02. The van der Waals surface area contributed by atoms with E-state index in [1.165, 1.54) is 0 Å². The molecule has 0 saturated heterocycles. The minimum Gasteiger partial charge on any atom is -0.383 e. The Morgan fingerprint density at radius 1 is 1.10 bits per heavy atom. The fraction of sp³-hybridized carbons (Fsp3) is 0.250. The second-order valence-electron chi connectivity index (χ2n) is 5.36. The standard InChI is InChI=1S/C16H17ClN4/c1-8-5-6-12(17)13(7-8)21-10(3)9(2)14-15(18)19-11(4)20-16(14)21/h5-7H,1-4H3,(H2,18,19,20). The van der Waals surface area contributed by atoms with E-state index in [9.17, 15) is 0 Å². The minimum atomic E-state index is 0.514. The van der Waals surface area contributed by atoms with Crippen LogP contribution in [0.3, 0.4) is 0 Å². The van der Waals surface area contributed by atoms with E-state index in [-0.39, 0.29) is 0 Å². The van der Waals surface area contributed by atoms with Gasteiger partial charge in [0.25, 0.3) is 0 Å². The van der Waals surface area contributed by atoms with Gasteiger partial charge in [-0.2, -0.15) is 0 Å². The number of nitrogen functional groups attached to an aromatic ring is 1. The monoisotopic (exact) mass is 300 g/mol. The van der Waals surface area contributed by atoms with Crippen molar-refractivity contribution < 1.29 is 0 Å². The van der Waals surface area contributed by atoms with E-state index in [1.54, 1.807) is 0 Å². The first-order valence-corrected chi connectivity index (χ1v) is 7.16. The first-order valence-electron chi connectivity index (χ1n) is 6.78. The normalized spacial score (nSPS) is 11.3. The van der Waals surface area contributed by atoms with Gasteiger partial charge in [0, 0.05) is 5.69 Å². The van der Waals surface area contributed by atoms with Gasteiger partial charge in [-0.25, -0.2) is 9.97 Å². The Balaban J connectivity index is 2.48. The highest BCUT2D eigenvalue weighted by atomic mass is 35.5. The maximum atomic E-state index is 6.40. The number of rotatable bonds is 1. The zero-order chi connectivity index (χ0) is 15.3. The lowest BCUT2D eigenvalue weighted by molar-refractivity contribution is 0.994. The van der Waals surface area contributed by atoms with Gasteiger partial charge in [-0.05, 0) is 51.0 Å². The van der Waals surface area contributed by atoms with Gasteiger partial charge < -0.3 is 5.73 Å². The lowest BCUT2D eigenvalue weighted by Gasteiger charge is -2.11. The van der Waals surface area contributed by atoms with Crippen LogP contribution in [0.15, 0.2) is 18.2 Å². The van der Waals surface area contributed by atoms with Crippen molar-refractivity contribution in [3.63, 3.8) is 0 Å². The molecule has 0 unspecified atom stereocenters. The van der Waals surface area contributed by atoms with Crippen LogP contribution in [0.4, 0.5) is 5.82 Å². The molecule has 0 fully saturated rings. The topological polar surface area (TPSA) is 56.7 Å². The molecule has 0 saturated carbocycles. The summed E-state index contributed by atoms with van der Waals surface area (Å²) >= 11 is 6.40. The highest BCUT2D eigenvalue weighted by Crippen LogP contribution is 2.33. The van der Waals surface area contributed by atoms with E-state index < -0.39 is 0 Å². The molecule has 2 aromatic heterocycles. The second-order valence-corrected chi connectivity index (χ2v) is 5.76. The van der Waals surface area contributed by atoms with E-state index in [0.29, 0.717) is 16.7 Å². The van der Waals surface area contributed by atoms with Crippen LogP contribution in [0.5, 0.6) is 0 Å². The number of aryl methyl sites for hydroxylation is 3. The van der Waals surface area contributed by atoms with Crippen molar-refractivity contribution in [2.45, 2.75) is 27.7 Å². The number of anilines is 1. The molecule has 0 radical (unpaired) electrons. The molecule has 108 valence electrons. The summed E-state index contributed by atoms with van der Waals surface area (Å²) in [4.78, 5) is 8.85. The number of hydrogen-bond acceptors (Lipinski definition) is 3. The Hall–Kier alpha value is -2.07. The van der Waals surface area contributed by atoms with Crippen LogP contribution in [0.1, 0.15) is 22.6 Å². The average Bonchev–Trinajstić information content (AvgIpc) is 2.65. The van der Waals surface area contributed by atoms with Crippen LogP contribution in [0, 0.1) is 27.7 Å². The fourth-order valence-corrected chi connectivity index (χ4v) is 2.90. The zero-order valence-corrected chi connectivity index (χ0v) is 13.3. The van der Waals surface area contributed by atoms with Crippen molar-refractivity contribution in [1.82, 2.24) is 14.5 Å². The van der Waals surface area contributed by atoms with E-state index in [0.717, 1.165) is 33.5 Å². The van der Waals surface area contributed by atoms with Gasteiger partial charge in [-0.15, -0.1) is 0 Å². The third-order valence-electron chi connectivity index (χ3n) is 3.84. The molecule has 0 aliphatic rings. The maximum Gasteiger partial charge on any atom is 0.150 e. The van der Waals surface area contributed by atoms with E-state index in [4.69, 9.17) is 17.3 Å². The largest absolute Gasteiger partial charge is 0.383 e. The lowest BCUT2D eigenvalue weighted by atomic mass is 10.2. The molecule has 1 aromatic carbocycles. The number of nitrogens with zero attached hydrogens (tertiary/aromatic N) is 3. The molecule has 5 heteroatoms. The molecule has 0 amide bonds. The zero-order valence-electron chi connectivity index (χ0n) is 12.5. The third kappa shape index (κ3) is 2.07. The predicted octanol–water partition coefficient (Wildman–Crippen LogP) is 3.89. The highest BCUT2D eigenvalue weighted by Gasteiger charge is 2.18. The molecule has 4 nitrogen and oxygen atoms in total. The number of aromatic nitrogens is 3. The number of nitrogens with two attached hydrogens (primary N) is 1. The molecule has 21 heavy (non-hydrogen) atoms. The molecule has 3 rings (SSSR count). The Morgan fingerprint density at radius 3 is 2.52 bits per heavy atom. The minimum absolute atomic E-state index is 0.514. The van der Waals surface area contributed by atoms with Gasteiger partial charge in [-0.1, -0.05) is 17.7 Å². The van der Waals surface area contributed by atoms with Crippen molar-refractivity contribution >= 4 is 28.5 Å². The number of fused-ring (bicyclic) bond motifs is 1. The summed E-state index contributed by atoms with van der Waals surface area (Å²) in [5.41, 5.74) is 11.1. The van der Waals surface area contributed by atoms with Crippen molar-refractivity contribution in [2.75, 3.05) is 5.73 Å². The van der Waals surface area contributed by atoms with Gasteiger partial charge in [0.05, 0.1) is 16.1 Å². The number of halogens is 1. The summed E-state index contributed by atoms with van der Waals surface area (Å²) in [6.45, 7) is 7.97.